The molecule has 4 aliphatic carbocycles. The standard InChI is InChI=1S/C23H34O6/c1-5-7-8-13-14-9-10-28-23-15(14)17(19(24)26-3)22(20(25)27-4)11-21(6-2,12-29-23)18(23)16(13)22/h13-18H,5-12H2,1-4H3/t13?,14?,15?,16?,17?,18?,21-,22?,23?/m0/s1. The van der Waals surface area contributed by atoms with Gasteiger partial charge in [0.25, 0.3) is 0 Å². The third kappa shape index (κ3) is 2.06. The second kappa shape index (κ2) is 6.43. The minimum atomic E-state index is -0.809. The number of hydrogen-bond acceptors (Lipinski definition) is 6. The van der Waals surface area contributed by atoms with Crippen molar-refractivity contribution in [1.82, 2.24) is 0 Å². The Balaban J connectivity index is 1.75. The van der Waals surface area contributed by atoms with E-state index in [0.717, 1.165) is 32.1 Å². The van der Waals surface area contributed by atoms with Crippen molar-refractivity contribution in [3.8, 4) is 0 Å². The van der Waals surface area contributed by atoms with E-state index in [4.69, 9.17) is 18.9 Å². The van der Waals surface area contributed by atoms with Gasteiger partial charge >= 0.3 is 11.9 Å². The number of methoxy groups -OCH3 is 2. The van der Waals surface area contributed by atoms with Gasteiger partial charge in [0, 0.05) is 17.3 Å². The molecule has 2 saturated heterocycles. The smallest absolute Gasteiger partial charge is 0.313 e. The van der Waals surface area contributed by atoms with Gasteiger partial charge in [0.05, 0.1) is 38.8 Å². The van der Waals surface area contributed by atoms with E-state index in [-0.39, 0.29) is 35.1 Å². The Bertz CT molecular complexity index is 722. The average Bonchev–Trinajstić information content (AvgIpc) is 3.19. The average molecular weight is 407 g/mol. The minimum Gasteiger partial charge on any atom is -0.469 e. The quantitative estimate of drug-likeness (QED) is 0.631. The lowest BCUT2D eigenvalue weighted by atomic mass is 9.40. The van der Waals surface area contributed by atoms with Crippen LogP contribution in [0, 0.1) is 46.3 Å². The highest BCUT2D eigenvalue weighted by Gasteiger charge is 2.88. The predicted octanol–water partition coefficient (Wildman–Crippen LogP) is 3.18. The Kier molecular flexibility index (Phi) is 4.39. The predicted molar refractivity (Wildman–Crippen MR) is 104 cm³/mol. The largest absolute Gasteiger partial charge is 0.469 e. The van der Waals surface area contributed by atoms with Gasteiger partial charge in [0.15, 0.2) is 5.79 Å². The molecule has 1 spiro atoms. The lowest BCUT2D eigenvalue weighted by molar-refractivity contribution is -0.371. The van der Waals surface area contributed by atoms with Crippen LogP contribution in [0.3, 0.4) is 0 Å². The first-order valence-corrected chi connectivity index (χ1v) is 11.4. The van der Waals surface area contributed by atoms with Crippen LogP contribution in [0.25, 0.3) is 0 Å². The Morgan fingerprint density at radius 1 is 1.10 bits per heavy atom. The Labute approximate surface area is 173 Å². The molecular weight excluding hydrogens is 372 g/mol. The number of rotatable bonds is 6. The first kappa shape index (κ1) is 19.8. The van der Waals surface area contributed by atoms with E-state index in [2.05, 4.69) is 13.8 Å². The number of hydrogen-bond donors (Lipinski definition) is 0. The molecule has 6 rings (SSSR count). The van der Waals surface area contributed by atoms with Gasteiger partial charge in [-0.3, -0.25) is 9.59 Å². The van der Waals surface area contributed by atoms with E-state index in [1.807, 2.05) is 0 Å². The van der Waals surface area contributed by atoms with Crippen molar-refractivity contribution >= 4 is 11.9 Å². The van der Waals surface area contributed by atoms with Crippen molar-refractivity contribution in [1.29, 1.82) is 0 Å². The molecule has 9 atom stereocenters. The monoisotopic (exact) mass is 406 g/mol. The van der Waals surface area contributed by atoms with E-state index in [0.29, 0.717) is 31.5 Å². The number of esters is 2. The van der Waals surface area contributed by atoms with Crippen LogP contribution in [-0.2, 0) is 28.5 Å². The van der Waals surface area contributed by atoms with Crippen molar-refractivity contribution in [2.24, 2.45) is 46.3 Å². The Morgan fingerprint density at radius 2 is 1.90 bits per heavy atom. The molecule has 8 unspecified atom stereocenters. The second-order valence-corrected chi connectivity index (χ2v) is 10.1. The molecular formula is C23H34O6. The maximum Gasteiger partial charge on any atom is 0.313 e. The van der Waals surface area contributed by atoms with Gasteiger partial charge < -0.3 is 18.9 Å². The van der Waals surface area contributed by atoms with Crippen LogP contribution in [0.5, 0.6) is 0 Å². The summed E-state index contributed by atoms with van der Waals surface area (Å²) < 4.78 is 23.8. The SMILES string of the molecule is CCCCC1C2CCOC34OC[C@]5(CC)CC(C(=O)OC)(C(C(=O)OC)C23)C1C45. The molecule has 162 valence electrons. The van der Waals surface area contributed by atoms with Crippen LogP contribution < -0.4 is 0 Å². The number of carbonyl (C=O) groups excluding carboxylic acids is 2. The molecule has 6 heteroatoms. The summed E-state index contributed by atoms with van der Waals surface area (Å²) >= 11 is 0. The molecule has 6 nitrogen and oxygen atoms in total. The number of carbonyl (C=O) groups is 2. The minimum absolute atomic E-state index is 0.0587. The van der Waals surface area contributed by atoms with E-state index < -0.39 is 17.1 Å². The topological polar surface area (TPSA) is 71.1 Å². The van der Waals surface area contributed by atoms with Gasteiger partial charge in [-0.2, -0.15) is 0 Å². The van der Waals surface area contributed by atoms with Crippen molar-refractivity contribution in [2.75, 3.05) is 27.4 Å². The van der Waals surface area contributed by atoms with Gasteiger partial charge in [-0.25, -0.2) is 0 Å². The van der Waals surface area contributed by atoms with Gasteiger partial charge in [-0.05, 0) is 43.4 Å². The highest BCUT2D eigenvalue weighted by molar-refractivity contribution is 5.88. The number of unbranched alkanes of at least 4 members (excludes halogenated alkanes) is 1. The van der Waals surface area contributed by atoms with Gasteiger partial charge in [0.2, 0.25) is 0 Å². The maximum absolute atomic E-state index is 13.5. The van der Waals surface area contributed by atoms with Crippen LogP contribution in [0.2, 0.25) is 0 Å². The molecule has 29 heavy (non-hydrogen) atoms. The van der Waals surface area contributed by atoms with E-state index >= 15 is 0 Å². The zero-order valence-corrected chi connectivity index (χ0v) is 18.1. The lowest BCUT2D eigenvalue weighted by Crippen LogP contribution is -2.74. The summed E-state index contributed by atoms with van der Waals surface area (Å²) in [7, 11) is 2.89. The molecule has 6 fully saturated rings. The third-order valence-corrected chi connectivity index (χ3v) is 9.52. The summed E-state index contributed by atoms with van der Waals surface area (Å²) in [5, 5.41) is 0. The molecule has 0 aromatic carbocycles. The summed E-state index contributed by atoms with van der Waals surface area (Å²) in [4.78, 5) is 26.8. The molecule has 2 aliphatic heterocycles. The summed E-state index contributed by atoms with van der Waals surface area (Å²) in [5.41, 5.74) is -0.942. The normalized spacial score (nSPS) is 51.2. The van der Waals surface area contributed by atoms with Crippen LogP contribution in [0.4, 0.5) is 0 Å². The highest BCUT2D eigenvalue weighted by atomic mass is 16.7. The van der Waals surface area contributed by atoms with E-state index in [1.54, 1.807) is 0 Å². The van der Waals surface area contributed by atoms with Crippen molar-refractivity contribution in [2.45, 2.75) is 58.2 Å². The summed E-state index contributed by atoms with van der Waals surface area (Å²) in [6.07, 6.45) is 5.87. The van der Waals surface area contributed by atoms with Crippen LogP contribution in [-0.4, -0.2) is 45.2 Å². The maximum atomic E-state index is 13.5. The fourth-order valence-corrected chi connectivity index (χ4v) is 8.80. The van der Waals surface area contributed by atoms with Crippen LogP contribution in [0.1, 0.15) is 52.4 Å². The molecule has 0 N–H and O–H groups in total. The molecule has 0 aromatic rings. The lowest BCUT2D eigenvalue weighted by Gasteiger charge is -2.67. The summed E-state index contributed by atoms with van der Waals surface area (Å²) in [5.74, 6) is -0.963. The zero-order valence-electron chi connectivity index (χ0n) is 18.1. The summed E-state index contributed by atoms with van der Waals surface area (Å²) in [6, 6.07) is 0. The van der Waals surface area contributed by atoms with Crippen LogP contribution >= 0.6 is 0 Å². The molecule has 2 heterocycles. The van der Waals surface area contributed by atoms with Gasteiger partial charge in [0.1, 0.15) is 0 Å². The van der Waals surface area contributed by atoms with E-state index in [1.165, 1.54) is 14.2 Å². The molecule has 4 saturated carbocycles. The van der Waals surface area contributed by atoms with Crippen molar-refractivity contribution < 1.29 is 28.5 Å². The summed E-state index contributed by atoms with van der Waals surface area (Å²) in [6.45, 7) is 5.69. The van der Waals surface area contributed by atoms with Crippen molar-refractivity contribution in [3.05, 3.63) is 0 Å². The fraction of sp³-hybridized carbons (Fsp3) is 0.913. The zero-order chi connectivity index (χ0) is 20.6. The fourth-order valence-electron chi connectivity index (χ4n) is 8.80. The van der Waals surface area contributed by atoms with Crippen LogP contribution in [0.15, 0.2) is 0 Å². The first-order chi connectivity index (χ1) is 14.0. The number of ether oxygens (including phenoxy) is 4. The van der Waals surface area contributed by atoms with E-state index in [9.17, 15) is 9.59 Å². The highest BCUT2D eigenvalue weighted by Crippen LogP contribution is 2.82. The molecule has 0 radical (unpaired) electrons. The molecule has 0 amide bonds. The second-order valence-electron chi connectivity index (χ2n) is 10.1. The first-order valence-electron chi connectivity index (χ1n) is 11.4. The van der Waals surface area contributed by atoms with Gasteiger partial charge in [-0.1, -0.05) is 26.7 Å². The van der Waals surface area contributed by atoms with Gasteiger partial charge in [-0.15, -0.1) is 0 Å². The molecule has 6 bridgehead atoms. The molecule has 6 aliphatic rings. The molecule has 0 aromatic heterocycles. The third-order valence-electron chi connectivity index (χ3n) is 9.52. The Hall–Kier alpha value is -1.14. The Morgan fingerprint density at radius 3 is 2.55 bits per heavy atom. The van der Waals surface area contributed by atoms with Crippen molar-refractivity contribution in [3.63, 3.8) is 0 Å².